The van der Waals surface area contributed by atoms with Crippen LogP contribution in [0.15, 0.2) is 52.7 Å². The first-order chi connectivity index (χ1) is 9.60. The highest BCUT2D eigenvalue weighted by atomic mass is 16.6. The molecule has 0 amide bonds. The number of azo groups is 1. The summed E-state index contributed by atoms with van der Waals surface area (Å²) >= 11 is 0. The van der Waals surface area contributed by atoms with Crippen LogP contribution >= 0.6 is 0 Å². The summed E-state index contributed by atoms with van der Waals surface area (Å²) in [5.41, 5.74) is 0.943. The van der Waals surface area contributed by atoms with Crippen LogP contribution in [0, 0.1) is 21.4 Å². The second-order valence-electron chi connectivity index (χ2n) is 3.79. The molecule has 0 saturated heterocycles. The van der Waals surface area contributed by atoms with E-state index in [0.29, 0.717) is 11.4 Å². The number of hydrogen-bond acceptors (Lipinski definition) is 6. The fraction of sp³-hybridized carbons (Fsp3) is 0. The van der Waals surface area contributed by atoms with E-state index >= 15 is 0 Å². The zero-order valence-electron chi connectivity index (χ0n) is 10.1. The molecule has 2 rings (SSSR count). The van der Waals surface area contributed by atoms with Crippen LogP contribution in [0.1, 0.15) is 5.56 Å². The molecule has 0 aliphatic rings. The van der Waals surface area contributed by atoms with Gasteiger partial charge in [-0.25, -0.2) is 0 Å². The summed E-state index contributed by atoms with van der Waals surface area (Å²) in [5.74, 6) is -0.173. The van der Waals surface area contributed by atoms with Crippen LogP contribution in [-0.2, 0) is 0 Å². The molecule has 0 heterocycles. The molecule has 0 bridgehead atoms. The largest absolute Gasteiger partial charge is 0.506 e. The fourth-order valence-corrected chi connectivity index (χ4v) is 1.43. The molecule has 0 spiro atoms. The molecule has 2 aromatic rings. The van der Waals surface area contributed by atoms with Gasteiger partial charge in [0.2, 0.25) is 0 Å². The van der Waals surface area contributed by atoms with Gasteiger partial charge in [-0.1, -0.05) is 0 Å². The predicted octanol–water partition coefficient (Wildman–Crippen LogP) is 3.59. The van der Waals surface area contributed by atoms with E-state index in [0.717, 1.165) is 0 Å². The van der Waals surface area contributed by atoms with Gasteiger partial charge >= 0.3 is 0 Å². The van der Waals surface area contributed by atoms with Crippen LogP contribution in [0.4, 0.5) is 17.1 Å². The number of aromatic hydroxyl groups is 1. The van der Waals surface area contributed by atoms with Crippen LogP contribution in [0.3, 0.4) is 0 Å². The van der Waals surface area contributed by atoms with Crippen molar-refractivity contribution in [1.82, 2.24) is 0 Å². The minimum absolute atomic E-state index is 0.0278. The minimum atomic E-state index is -0.500. The Hall–Kier alpha value is -3.27. The van der Waals surface area contributed by atoms with E-state index in [1.54, 1.807) is 0 Å². The Kier molecular flexibility index (Phi) is 3.67. The summed E-state index contributed by atoms with van der Waals surface area (Å²) in [6, 6.07) is 11.7. The standard InChI is InChI=1S/C13H8N4O3/c14-8-9-1-2-11(7-13(9)18)16-15-10-3-5-12(6-4-10)17(19)20/h1-7,18H. The van der Waals surface area contributed by atoms with E-state index in [1.165, 1.54) is 42.5 Å². The van der Waals surface area contributed by atoms with E-state index < -0.39 is 4.92 Å². The number of non-ortho nitro benzene ring substituents is 1. The Morgan fingerprint density at radius 3 is 2.25 bits per heavy atom. The monoisotopic (exact) mass is 268 g/mol. The number of phenolic OH excluding ortho intramolecular Hbond substituents is 1. The second-order valence-corrected chi connectivity index (χ2v) is 3.79. The molecule has 0 radical (unpaired) electrons. The number of nitro groups is 1. The molecular formula is C13H8N4O3. The molecular weight excluding hydrogens is 260 g/mol. The average molecular weight is 268 g/mol. The number of rotatable bonds is 3. The third-order valence-electron chi connectivity index (χ3n) is 2.44. The van der Waals surface area contributed by atoms with Crippen molar-refractivity contribution in [3.8, 4) is 11.8 Å². The van der Waals surface area contributed by atoms with Crippen LogP contribution < -0.4 is 0 Å². The lowest BCUT2D eigenvalue weighted by molar-refractivity contribution is -0.384. The molecule has 0 aromatic heterocycles. The quantitative estimate of drug-likeness (QED) is 0.520. The molecule has 0 saturated carbocycles. The second kappa shape index (κ2) is 5.58. The topological polar surface area (TPSA) is 112 Å². The molecule has 0 aliphatic carbocycles. The summed E-state index contributed by atoms with van der Waals surface area (Å²) in [7, 11) is 0. The summed E-state index contributed by atoms with van der Waals surface area (Å²) in [4.78, 5) is 9.99. The minimum Gasteiger partial charge on any atom is -0.506 e. The number of hydrogen-bond donors (Lipinski definition) is 1. The number of phenols is 1. The lowest BCUT2D eigenvalue weighted by Gasteiger charge is -1.97. The average Bonchev–Trinajstić information content (AvgIpc) is 2.45. The molecule has 0 atom stereocenters. The van der Waals surface area contributed by atoms with Crippen molar-refractivity contribution in [3.63, 3.8) is 0 Å². The molecule has 0 unspecified atom stereocenters. The van der Waals surface area contributed by atoms with Crippen molar-refractivity contribution < 1.29 is 10.0 Å². The number of nitro benzene ring substituents is 1. The van der Waals surface area contributed by atoms with Gasteiger partial charge in [-0.15, -0.1) is 0 Å². The van der Waals surface area contributed by atoms with Crippen LogP contribution in [-0.4, -0.2) is 10.0 Å². The van der Waals surface area contributed by atoms with Gasteiger partial charge < -0.3 is 5.11 Å². The molecule has 7 nitrogen and oxygen atoms in total. The van der Waals surface area contributed by atoms with E-state index in [-0.39, 0.29) is 17.0 Å². The zero-order chi connectivity index (χ0) is 14.5. The maximum absolute atomic E-state index is 10.5. The van der Waals surface area contributed by atoms with Crippen molar-refractivity contribution in [1.29, 1.82) is 5.26 Å². The number of benzene rings is 2. The van der Waals surface area contributed by atoms with Crippen LogP contribution in [0.2, 0.25) is 0 Å². The molecule has 0 aliphatic heterocycles. The van der Waals surface area contributed by atoms with E-state index in [2.05, 4.69) is 10.2 Å². The Bertz CT molecular complexity index is 717. The first-order valence-corrected chi connectivity index (χ1v) is 5.49. The van der Waals surface area contributed by atoms with E-state index in [4.69, 9.17) is 5.26 Å². The highest BCUT2D eigenvalue weighted by Crippen LogP contribution is 2.25. The zero-order valence-corrected chi connectivity index (χ0v) is 10.1. The maximum Gasteiger partial charge on any atom is 0.269 e. The highest BCUT2D eigenvalue weighted by Gasteiger charge is 2.03. The summed E-state index contributed by atoms with van der Waals surface area (Å²) in [5, 5.41) is 36.4. The summed E-state index contributed by atoms with van der Waals surface area (Å²) in [6.07, 6.45) is 0. The molecule has 0 fully saturated rings. The van der Waals surface area contributed by atoms with Crippen LogP contribution in [0.25, 0.3) is 0 Å². The van der Waals surface area contributed by atoms with E-state index in [1.807, 2.05) is 6.07 Å². The molecule has 7 heteroatoms. The van der Waals surface area contributed by atoms with Gasteiger partial charge in [0, 0.05) is 18.2 Å². The van der Waals surface area contributed by atoms with Gasteiger partial charge in [0.1, 0.15) is 11.8 Å². The van der Waals surface area contributed by atoms with Gasteiger partial charge in [-0.2, -0.15) is 15.5 Å². The molecule has 20 heavy (non-hydrogen) atoms. The predicted molar refractivity (Wildman–Crippen MR) is 70.1 cm³/mol. The van der Waals surface area contributed by atoms with Gasteiger partial charge in [-0.3, -0.25) is 10.1 Å². The fourth-order valence-electron chi connectivity index (χ4n) is 1.43. The number of nitrogens with zero attached hydrogens (tertiary/aromatic N) is 4. The Morgan fingerprint density at radius 2 is 1.70 bits per heavy atom. The molecule has 98 valence electrons. The first kappa shape index (κ1) is 13.2. The van der Waals surface area contributed by atoms with Gasteiger partial charge in [0.05, 0.1) is 21.9 Å². The third-order valence-corrected chi connectivity index (χ3v) is 2.44. The Labute approximate surface area is 113 Å². The Balaban J connectivity index is 2.19. The molecule has 2 aromatic carbocycles. The normalized spacial score (nSPS) is 10.3. The summed E-state index contributed by atoms with van der Waals surface area (Å²) < 4.78 is 0. The SMILES string of the molecule is N#Cc1ccc(N=Nc2ccc([N+](=O)[O-])cc2)cc1O. The first-order valence-electron chi connectivity index (χ1n) is 5.49. The lowest BCUT2D eigenvalue weighted by atomic mass is 10.2. The van der Waals surface area contributed by atoms with Crippen molar-refractivity contribution >= 4 is 17.1 Å². The van der Waals surface area contributed by atoms with E-state index in [9.17, 15) is 15.2 Å². The van der Waals surface area contributed by atoms with Crippen LogP contribution in [0.5, 0.6) is 5.75 Å². The number of nitriles is 1. The highest BCUT2D eigenvalue weighted by molar-refractivity contribution is 5.52. The molecule has 1 N–H and O–H groups in total. The summed E-state index contributed by atoms with van der Waals surface area (Å²) in [6.45, 7) is 0. The smallest absolute Gasteiger partial charge is 0.269 e. The van der Waals surface area contributed by atoms with Crippen molar-refractivity contribution in [2.45, 2.75) is 0 Å². The lowest BCUT2D eigenvalue weighted by Crippen LogP contribution is -1.85. The van der Waals surface area contributed by atoms with Gasteiger partial charge in [-0.05, 0) is 24.3 Å². The Morgan fingerprint density at radius 1 is 1.10 bits per heavy atom. The van der Waals surface area contributed by atoms with Gasteiger partial charge in [0.15, 0.2) is 0 Å². The van der Waals surface area contributed by atoms with Crippen molar-refractivity contribution in [2.75, 3.05) is 0 Å². The van der Waals surface area contributed by atoms with Gasteiger partial charge in [0.25, 0.3) is 5.69 Å². The maximum atomic E-state index is 10.5. The van der Waals surface area contributed by atoms with Crippen molar-refractivity contribution in [3.05, 3.63) is 58.1 Å². The van der Waals surface area contributed by atoms with Crippen molar-refractivity contribution in [2.24, 2.45) is 10.2 Å². The third kappa shape index (κ3) is 2.94.